The lowest BCUT2D eigenvalue weighted by atomic mass is 10.2. The van der Waals surface area contributed by atoms with Crippen LogP contribution in [0.1, 0.15) is 11.3 Å². The monoisotopic (exact) mass is 239 g/mol. The number of rotatable bonds is 2. The summed E-state index contributed by atoms with van der Waals surface area (Å²) in [6, 6.07) is 11.6. The maximum Gasteiger partial charge on any atom is 0.251 e. The Hall–Kier alpha value is -2.29. The lowest BCUT2D eigenvalue weighted by molar-refractivity contribution is -0.114. The average Bonchev–Trinajstić information content (AvgIpc) is 3.05. The first-order valence-corrected chi connectivity index (χ1v) is 5.95. The first-order valence-electron chi connectivity index (χ1n) is 5.95. The van der Waals surface area contributed by atoms with Crippen LogP contribution in [0.4, 0.5) is 5.69 Å². The van der Waals surface area contributed by atoms with Crippen LogP contribution in [0.3, 0.4) is 0 Å². The Balaban J connectivity index is 1.79. The van der Waals surface area contributed by atoms with Crippen LogP contribution in [0, 0.1) is 0 Å². The Kier molecular flexibility index (Phi) is 2.73. The summed E-state index contributed by atoms with van der Waals surface area (Å²) >= 11 is 0. The summed E-state index contributed by atoms with van der Waals surface area (Å²) in [5, 5.41) is 0. The van der Waals surface area contributed by atoms with Gasteiger partial charge in [-0.05, 0) is 36.3 Å². The Bertz CT molecular complexity index is 584. The molecule has 0 N–H and O–H groups in total. The van der Waals surface area contributed by atoms with E-state index < -0.39 is 0 Å². The van der Waals surface area contributed by atoms with E-state index >= 15 is 0 Å². The Morgan fingerprint density at radius 3 is 2.94 bits per heavy atom. The van der Waals surface area contributed by atoms with Crippen LogP contribution in [-0.4, -0.2) is 12.5 Å². The van der Waals surface area contributed by atoms with Crippen molar-refractivity contribution in [1.82, 2.24) is 0 Å². The maximum atomic E-state index is 12.1. The van der Waals surface area contributed by atoms with Crippen LogP contribution in [0.15, 0.2) is 53.2 Å². The van der Waals surface area contributed by atoms with Crippen molar-refractivity contribution in [2.75, 3.05) is 11.4 Å². The molecular formula is C15H13NO2. The van der Waals surface area contributed by atoms with Gasteiger partial charge < -0.3 is 9.32 Å². The fourth-order valence-corrected chi connectivity index (χ4v) is 2.20. The number of carbonyl (C=O) groups excluding carboxylic acids is 1. The molecule has 3 nitrogen and oxygen atoms in total. The third-order valence-electron chi connectivity index (χ3n) is 3.09. The summed E-state index contributed by atoms with van der Waals surface area (Å²) in [5.74, 6) is 0.687. The number of carbonyl (C=O) groups is 1. The number of benzene rings is 1. The first-order chi connectivity index (χ1) is 8.84. The average molecular weight is 239 g/mol. The molecule has 90 valence electrons. The highest BCUT2D eigenvalue weighted by Crippen LogP contribution is 2.27. The molecule has 2 heterocycles. The number of amides is 1. The topological polar surface area (TPSA) is 33.5 Å². The van der Waals surface area contributed by atoms with Gasteiger partial charge in [0.2, 0.25) is 0 Å². The molecule has 0 bridgehead atoms. The minimum absolute atomic E-state index is 0.00338. The molecule has 0 atom stereocenters. The van der Waals surface area contributed by atoms with E-state index in [1.54, 1.807) is 29.4 Å². The van der Waals surface area contributed by atoms with Crippen LogP contribution in [0.5, 0.6) is 0 Å². The maximum absolute atomic E-state index is 12.1. The normalized spacial score (nSPS) is 14.1. The molecule has 0 radical (unpaired) electrons. The van der Waals surface area contributed by atoms with Gasteiger partial charge in [0.25, 0.3) is 5.91 Å². The minimum Gasteiger partial charge on any atom is -0.465 e. The molecule has 1 aromatic carbocycles. The van der Waals surface area contributed by atoms with Gasteiger partial charge >= 0.3 is 0 Å². The number of furan rings is 1. The zero-order chi connectivity index (χ0) is 12.4. The summed E-state index contributed by atoms with van der Waals surface area (Å²) in [5.41, 5.74) is 2.25. The van der Waals surface area contributed by atoms with E-state index in [0.717, 1.165) is 18.7 Å². The second-order valence-electron chi connectivity index (χ2n) is 4.22. The number of anilines is 1. The lowest BCUT2D eigenvalue weighted by Crippen LogP contribution is -2.26. The van der Waals surface area contributed by atoms with Gasteiger partial charge in [0.1, 0.15) is 5.76 Å². The molecule has 0 saturated carbocycles. The Labute approximate surface area is 105 Å². The first kappa shape index (κ1) is 10.8. The van der Waals surface area contributed by atoms with E-state index in [9.17, 15) is 4.79 Å². The van der Waals surface area contributed by atoms with Crippen molar-refractivity contribution in [2.45, 2.75) is 6.42 Å². The Morgan fingerprint density at radius 1 is 1.22 bits per heavy atom. The summed E-state index contributed by atoms with van der Waals surface area (Å²) in [6.45, 7) is 0.751. The fourth-order valence-electron chi connectivity index (χ4n) is 2.20. The molecule has 0 unspecified atom stereocenters. The van der Waals surface area contributed by atoms with Crippen LogP contribution >= 0.6 is 0 Å². The molecule has 3 heteroatoms. The van der Waals surface area contributed by atoms with Gasteiger partial charge in [-0.2, -0.15) is 0 Å². The molecule has 0 saturated heterocycles. The highest BCUT2D eigenvalue weighted by molar-refractivity contribution is 6.04. The van der Waals surface area contributed by atoms with Gasteiger partial charge in [0.15, 0.2) is 0 Å². The second kappa shape index (κ2) is 4.53. The van der Waals surface area contributed by atoms with Crippen molar-refractivity contribution < 1.29 is 9.21 Å². The standard InChI is InChI=1S/C15H13NO2/c17-15(8-7-13-5-3-11-18-13)16-10-9-12-4-1-2-6-14(12)16/h1-8,11H,9-10H2. The van der Waals surface area contributed by atoms with Gasteiger partial charge in [-0.25, -0.2) is 0 Å². The summed E-state index contributed by atoms with van der Waals surface area (Å²) in [4.78, 5) is 13.9. The number of para-hydroxylation sites is 1. The van der Waals surface area contributed by atoms with Crippen molar-refractivity contribution in [3.8, 4) is 0 Å². The molecule has 0 fully saturated rings. The van der Waals surface area contributed by atoms with E-state index in [0.29, 0.717) is 5.76 Å². The molecule has 0 spiro atoms. The van der Waals surface area contributed by atoms with Crippen molar-refractivity contribution in [2.24, 2.45) is 0 Å². The number of nitrogens with zero attached hydrogens (tertiary/aromatic N) is 1. The largest absolute Gasteiger partial charge is 0.465 e. The van der Waals surface area contributed by atoms with Gasteiger partial charge in [0.05, 0.1) is 6.26 Å². The lowest BCUT2D eigenvalue weighted by Gasteiger charge is -2.14. The van der Waals surface area contributed by atoms with Crippen molar-refractivity contribution in [3.05, 3.63) is 60.1 Å². The fraction of sp³-hybridized carbons (Fsp3) is 0.133. The highest BCUT2D eigenvalue weighted by Gasteiger charge is 2.22. The molecule has 1 aromatic heterocycles. The Morgan fingerprint density at radius 2 is 2.11 bits per heavy atom. The molecule has 0 aliphatic carbocycles. The molecule has 3 rings (SSSR count). The van der Waals surface area contributed by atoms with Crippen molar-refractivity contribution in [1.29, 1.82) is 0 Å². The molecule has 1 aliphatic rings. The van der Waals surface area contributed by atoms with Crippen LogP contribution in [0.2, 0.25) is 0 Å². The van der Waals surface area contributed by atoms with Gasteiger partial charge in [-0.1, -0.05) is 18.2 Å². The molecular weight excluding hydrogens is 226 g/mol. The predicted octanol–water partition coefficient (Wildman–Crippen LogP) is 2.88. The highest BCUT2D eigenvalue weighted by atomic mass is 16.3. The number of hydrogen-bond acceptors (Lipinski definition) is 2. The van der Waals surface area contributed by atoms with E-state index in [2.05, 4.69) is 6.07 Å². The smallest absolute Gasteiger partial charge is 0.251 e. The third-order valence-corrected chi connectivity index (χ3v) is 3.09. The van der Waals surface area contributed by atoms with E-state index in [1.165, 1.54) is 5.56 Å². The van der Waals surface area contributed by atoms with Crippen molar-refractivity contribution in [3.63, 3.8) is 0 Å². The number of hydrogen-bond donors (Lipinski definition) is 0. The van der Waals surface area contributed by atoms with Gasteiger partial charge in [0, 0.05) is 18.3 Å². The van der Waals surface area contributed by atoms with Crippen molar-refractivity contribution >= 4 is 17.7 Å². The molecule has 2 aromatic rings. The zero-order valence-electron chi connectivity index (χ0n) is 9.87. The summed E-state index contributed by atoms with van der Waals surface area (Å²) in [6.07, 6.45) is 5.77. The molecule has 18 heavy (non-hydrogen) atoms. The van der Waals surface area contributed by atoms with Gasteiger partial charge in [-0.3, -0.25) is 4.79 Å². The van der Waals surface area contributed by atoms with Crippen LogP contribution < -0.4 is 4.90 Å². The minimum atomic E-state index is -0.00338. The second-order valence-corrected chi connectivity index (χ2v) is 4.22. The quantitative estimate of drug-likeness (QED) is 0.755. The van der Waals surface area contributed by atoms with E-state index in [1.807, 2.05) is 24.3 Å². The molecule has 1 aliphatic heterocycles. The number of fused-ring (bicyclic) bond motifs is 1. The third kappa shape index (κ3) is 1.95. The zero-order valence-corrected chi connectivity index (χ0v) is 9.87. The SMILES string of the molecule is O=C(C=Cc1ccco1)N1CCc2ccccc21. The van der Waals surface area contributed by atoms with Crippen LogP contribution in [-0.2, 0) is 11.2 Å². The summed E-state index contributed by atoms with van der Waals surface area (Å²) in [7, 11) is 0. The van der Waals surface area contributed by atoms with E-state index in [4.69, 9.17) is 4.42 Å². The van der Waals surface area contributed by atoms with Crippen LogP contribution in [0.25, 0.3) is 6.08 Å². The summed E-state index contributed by atoms with van der Waals surface area (Å²) < 4.78 is 5.16. The predicted molar refractivity (Wildman–Crippen MR) is 70.2 cm³/mol. The van der Waals surface area contributed by atoms with Gasteiger partial charge in [-0.15, -0.1) is 0 Å². The van der Waals surface area contributed by atoms with E-state index in [-0.39, 0.29) is 5.91 Å². The molecule has 1 amide bonds.